The molecule has 116 valence electrons. The van der Waals surface area contributed by atoms with E-state index >= 15 is 0 Å². The van der Waals surface area contributed by atoms with E-state index in [9.17, 15) is 0 Å². The number of nitrogens with one attached hydrogen (secondary N) is 1. The Labute approximate surface area is 131 Å². The van der Waals surface area contributed by atoms with Crippen LogP contribution in [0, 0.1) is 0 Å². The molecule has 0 spiro atoms. The quantitative estimate of drug-likeness (QED) is 0.941. The SMILES string of the molecule is COc1ccc(CN2CCNCc3ccccc32)c(OC)c1. The average molecular weight is 298 g/mol. The normalized spacial score (nSPS) is 14.2. The average Bonchev–Trinajstić information content (AvgIpc) is 2.78. The second kappa shape index (κ2) is 6.71. The van der Waals surface area contributed by atoms with E-state index in [-0.39, 0.29) is 0 Å². The van der Waals surface area contributed by atoms with Gasteiger partial charge >= 0.3 is 0 Å². The third-order valence-corrected chi connectivity index (χ3v) is 4.06. The third-order valence-electron chi connectivity index (χ3n) is 4.06. The van der Waals surface area contributed by atoms with Crippen LogP contribution in [0.4, 0.5) is 5.69 Å². The van der Waals surface area contributed by atoms with Crippen LogP contribution in [0.5, 0.6) is 11.5 Å². The number of anilines is 1. The topological polar surface area (TPSA) is 33.7 Å². The first kappa shape index (κ1) is 14.7. The van der Waals surface area contributed by atoms with E-state index in [4.69, 9.17) is 9.47 Å². The highest BCUT2D eigenvalue weighted by atomic mass is 16.5. The van der Waals surface area contributed by atoms with Crippen molar-refractivity contribution < 1.29 is 9.47 Å². The van der Waals surface area contributed by atoms with Gasteiger partial charge in [0.25, 0.3) is 0 Å². The molecule has 0 bridgehead atoms. The predicted molar refractivity (Wildman–Crippen MR) is 88.7 cm³/mol. The first-order valence-corrected chi connectivity index (χ1v) is 7.56. The van der Waals surface area contributed by atoms with E-state index in [2.05, 4.69) is 40.5 Å². The van der Waals surface area contributed by atoms with Crippen LogP contribution >= 0.6 is 0 Å². The molecular weight excluding hydrogens is 276 g/mol. The molecule has 4 heteroatoms. The van der Waals surface area contributed by atoms with Crippen molar-refractivity contribution in [1.82, 2.24) is 5.32 Å². The molecular formula is C18H22N2O2. The zero-order valence-corrected chi connectivity index (χ0v) is 13.1. The van der Waals surface area contributed by atoms with Crippen LogP contribution in [0.2, 0.25) is 0 Å². The standard InChI is InChI=1S/C18H22N2O2/c1-21-16-8-7-15(18(11-16)22-2)13-20-10-9-19-12-14-5-3-4-6-17(14)20/h3-8,11,19H,9-10,12-13H2,1-2H3. The molecule has 1 aliphatic heterocycles. The lowest BCUT2D eigenvalue weighted by atomic mass is 10.1. The Kier molecular flexibility index (Phi) is 4.49. The van der Waals surface area contributed by atoms with Crippen LogP contribution in [-0.4, -0.2) is 27.3 Å². The third kappa shape index (κ3) is 3.02. The Hall–Kier alpha value is -2.20. The van der Waals surface area contributed by atoms with Crippen molar-refractivity contribution in [1.29, 1.82) is 0 Å². The Balaban J connectivity index is 1.89. The van der Waals surface area contributed by atoms with Crippen molar-refractivity contribution in [3.63, 3.8) is 0 Å². The molecule has 0 fully saturated rings. The van der Waals surface area contributed by atoms with Gasteiger partial charge < -0.3 is 19.7 Å². The summed E-state index contributed by atoms with van der Waals surface area (Å²) in [7, 11) is 3.38. The highest BCUT2D eigenvalue weighted by Gasteiger charge is 2.16. The van der Waals surface area contributed by atoms with Gasteiger partial charge in [0, 0.05) is 43.5 Å². The molecule has 22 heavy (non-hydrogen) atoms. The summed E-state index contributed by atoms with van der Waals surface area (Å²) >= 11 is 0. The molecule has 0 saturated carbocycles. The maximum Gasteiger partial charge on any atom is 0.127 e. The zero-order chi connectivity index (χ0) is 15.4. The number of benzene rings is 2. The van der Waals surface area contributed by atoms with Gasteiger partial charge in [0.2, 0.25) is 0 Å². The van der Waals surface area contributed by atoms with Crippen molar-refractivity contribution in [3.05, 3.63) is 53.6 Å². The van der Waals surface area contributed by atoms with Crippen molar-refractivity contribution in [2.75, 3.05) is 32.2 Å². The minimum atomic E-state index is 0.818. The van der Waals surface area contributed by atoms with Crippen LogP contribution in [0.1, 0.15) is 11.1 Å². The number of hydrogen-bond acceptors (Lipinski definition) is 4. The molecule has 3 rings (SSSR count). The molecule has 0 atom stereocenters. The number of hydrogen-bond donors (Lipinski definition) is 1. The number of fused-ring (bicyclic) bond motifs is 1. The van der Waals surface area contributed by atoms with Crippen LogP contribution in [0.15, 0.2) is 42.5 Å². The maximum absolute atomic E-state index is 5.53. The van der Waals surface area contributed by atoms with E-state index in [0.29, 0.717) is 0 Å². The van der Waals surface area contributed by atoms with E-state index in [1.54, 1.807) is 14.2 Å². The lowest BCUT2D eigenvalue weighted by Gasteiger charge is -2.25. The molecule has 0 saturated heterocycles. The molecule has 1 heterocycles. The summed E-state index contributed by atoms with van der Waals surface area (Å²) < 4.78 is 10.8. The fourth-order valence-electron chi connectivity index (χ4n) is 2.88. The molecule has 0 aromatic heterocycles. The monoisotopic (exact) mass is 298 g/mol. The molecule has 2 aromatic rings. The van der Waals surface area contributed by atoms with Gasteiger partial charge in [-0.25, -0.2) is 0 Å². The molecule has 0 amide bonds. The molecule has 0 unspecified atom stereocenters. The van der Waals surface area contributed by atoms with Gasteiger partial charge in [0.15, 0.2) is 0 Å². The lowest BCUT2D eigenvalue weighted by molar-refractivity contribution is 0.390. The number of methoxy groups -OCH3 is 2. The van der Waals surface area contributed by atoms with Gasteiger partial charge in [-0.3, -0.25) is 0 Å². The summed E-state index contributed by atoms with van der Waals surface area (Å²) in [6, 6.07) is 14.6. The number of ether oxygens (including phenoxy) is 2. The van der Waals surface area contributed by atoms with E-state index < -0.39 is 0 Å². The van der Waals surface area contributed by atoms with Crippen LogP contribution in [-0.2, 0) is 13.1 Å². The minimum absolute atomic E-state index is 0.818. The van der Waals surface area contributed by atoms with Crippen LogP contribution in [0.3, 0.4) is 0 Å². The fraction of sp³-hybridized carbons (Fsp3) is 0.333. The highest BCUT2D eigenvalue weighted by Crippen LogP contribution is 2.29. The summed E-state index contributed by atoms with van der Waals surface area (Å²) in [4.78, 5) is 2.40. The number of rotatable bonds is 4. The Morgan fingerprint density at radius 3 is 2.77 bits per heavy atom. The van der Waals surface area contributed by atoms with Crippen LogP contribution in [0.25, 0.3) is 0 Å². The van der Waals surface area contributed by atoms with Gasteiger partial charge in [0.05, 0.1) is 14.2 Å². The molecule has 0 radical (unpaired) electrons. The largest absolute Gasteiger partial charge is 0.497 e. The first-order valence-electron chi connectivity index (χ1n) is 7.56. The summed E-state index contributed by atoms with van der Waals surface area (Å²) in [5.74, 6) is 1.69. The van der Waals surface area contributed by atoms with Crippen LogP contribution < -0.4 is 19.7 Å². The van der Waals surface area contributed by atoms with Gasteiger partial charge in [-0.15, -0.1) is 0 Å². The van der Waals surface area contributed by atoms with E-state index in [1.807, 2.05) is 12.1 Å². The second-order valence-electron chi connectivity index (χ2n) is 5.40. The van der Waals surface area contributed by atoms with Crippen molar-refractivity contribution in [2.24, 2.45) is 0 Å². The summed E-state index contributed by atoms with van der Waals surface area (Å²) in [5.41, 5.74) is 3.80. The summed E-state index contributed by atoms with van der Waals surface area (Å²) in [6.07, 6.45) is 0. The summed E-state index contributed by atoms with van der Waals surface area (Å²) in [5, 5.41) is 3.47. The Morgan fingerprint density at radius 1 is 1.09 bits per heavy atom. The fourth-order valence-corrected chi connectivity index (χ4v) is 2.88. The molecule has 0 aliphatic carbocycles. The maximum atomic E-state index is 5.53. The van der Waals surface area contributed by atoms with Crippen molar-refractivity contribution in [2.45, 2.75) is 13.1 Å². The van der Waals surface area contributed by atoms with Crippen molar-refractivity contribution >= 4 is 5.69 Å². The van der Waals surface area contributed by atoms with Gasteiger partial charge in [-0.05, 0) is 23.8 Å². The second-order valence-corrected chi connectivity index (χ2v) is 5.40. The number of para-hydroxylation sites is 1. The number of nitrogens with zero attached hydrogens (tertiary/aromatic N) is 1. The molecule has 2 aromatic carbocycles. The molecule has 1 aliphatic rings. The first-order chi connectivity index (χ1) is 10.8. The lowest BCUT2D eigenvalue weighted by Crippen LogP contribution is -2.28. The Bertz CT molecular complexity index is 643. The van der Waals surface area contributed by atoms with E-state index in [1.165, 1.54) is 16.8 Å². The van der Waals surface area contributed by atoms with Gasteiger partial charge in [-0.1, -0.05) is 18.2 Å². The smallest absolute Gasteiger partial charge is 0.127 e. The van der Waals surface area contributed by atoms with Gasteiger partial charge in [0.1, 0.15) is 11.5 Å². The highest BCUT2D eigenvalue weighted by molar-refractivity contribution is 5.55. The van der Waals surface area contributed by atoms with E-state index in [0.717, 1.165) is 37.7 Å². The minimum Gasteiger partial charge on any atom is -0.497 e. The molecule has 4 nitrogen and oxygen atoms in total. The predicted octanol–water partition coefficient (Wildman–Crippen LogP) is 2.81. The van der Waals surface area contributed by atoms with Gasteiger partial charge in [-0.2, -0.15) is 0 Å². The Morgan fingerprint density at radius 2 is 1.95 bits per heavy atom. The van der Waals surface area contributed by atoms with Crippen molar-refractivity contribution in [3.8, 4) is 11.5 Å². The zero-order valence-electron chi connectivity index (χ0n) is 13.1. The summed E-state index contributed by atoms with van der Waals surface area (Å²) in [6.45, 7) is 3.71. The molecule has 1 N–H and O–H groups in total.